The molecule has 0 aliphatic heterocycles. The van der Waals surface area contributed by atoms with Gasteiger partial charge in [0, 0.05) is 17.0 Å². The van der Waals surface area contributed by atoms with Crippen molar-refractivity contribution in [1.82, 2.24) is 0 Å². The van der Waals surface area contributed by atoms with Crippen LogP contribution < -0.4 is 28.5 Å². The summed E-state index contributed by atoms with van der Waals surface area (Å²) in [6, 6.07) is 21.1. The molecule has 1 aromatic heterocycles. The molecule has 0 spiro atoms. The Morgan fingerprint density at radius 2 is 1.39 bits per heavy atom. The number of hydrogen-bond acceptors (Lipinski definition) is 0. The van der Waals surface area contributed by atoms with Gasteiger partial charge in [0.2, 0.25) is 0 Å². The maximum atomic E-state index is 2.22. The largest absolute Gasteiger partial charge is 1.00 e. The first kappa shape index (κ1) is 13.0. The number of halogens is 1. The molecular weight excluding hydrogens is 333 g/mol. The zero-order valence-electron chi connectivity index (χ0n) is 9.96. The van der Waals surface area contributed by atoms with Crippen molar-refractivity contribution >= 4 is 10.8 Å². The number of pyridine rings is 1. The lowest BCUT2D eigenvalue weighted by atomic mass is 10.1. The Morgan fingerprint density at radius 1 is 0.722 bits per heavy atom. The van der Waals surface area contributed by atoms with Gasteiger partial charge < -0.3 is 24.0 Å². The van der Waals surface area contributed by atoms with E-state index in [1.165, 1.54) is 16.3 Å². The Morgan fingerprint density at radius 3 is 2.17 bits per heavy atom. The Hall–Kier alpha value is -1.42. The third-order valence-corrected chi connectivity index (χ3v) is 2.95. The van der Waals surface area contributed by atoms with Crippen molar-refractivity contribution in [2.45, 2.75) is 6.54 Å². The van der Waals surface area contributed by atoms with Crippen molar-refractivity contribution in [3.63, 3.8) is 0 Å². The smallest absolute Gasteiger partial charge is 0.176 e. The molecule has 0 unspecified atom stereocenters. The van der Waals surface area contributed by atoms with Crippen LogP contribution in [-0.4, -0.2) is 0 Å². The van der Waals surface area contributed by atoms with Crippen molar-refractivity contribution < 1.29 is 28.5 Å². The highest BCUT2D eigenvalue weighted by Crippen LogP contribution is 2.10. The average Bonchev–Trinajstić information content (AvgIpc) is 2.40. The van der Waals surface area contributed by atoms with E-state index < -0.39 is 0 Å². The fourth-order valence-electron chi connectivity index (χ4n) is 2.07. The number of nitrogens with zero attached hydrogens (tertiary/aromatic N) is 1. The predicted molar refractivity (Wildman–Crippen MR) is 69.7 cm³/mol. The highest BCUT2D eigenvalue weighted by Gasteiger charge is 2.03. The Kier molecular flexibility index (Phi) is 4.31. The van der Waals surface area contributed by atoms with E-state index in [1.807, 2.05) is 0 Å². The first-order valence-electron chi connectivity index (χ1n) is 5.83. The lowest BCUT2D eigenvalue weighted by Crippen LogP contribution is -3.00. The SMILES string of the molecule is [I-].c1ccc(C[n+]2ccc3ccccc3c2)cc1. The summed E-state index contributed by atoms with van der Waals surface area (Å²) in [5.74, 6) is 0. The lowest BCUT2D eigenvalue weighted by Gasteiger charge is -1.99. The highest BCUT2D eigenvalue weighted by atomic mass is 127. The minimum Gasteiger partial charge on any atom is -1.00 e. The molecule has 18 heavy (non-hydrogen) atoms. The van der Waals surface area contributed by atoms with Crippen LogP contribution in [0.5, 0.6) is 0 Å². The summed E-state index contributed by atoms with van der Waals surface area (Å²) < 4.78 is 2.22. The van der Waals surface area contributed by atoms with Crippen molar-refractivity contribution in [2.75, 3.05) is 0 Å². The van der Waals surface area contributed by atoms with Gasteiger partial charge in [-0.2, -0.15) is 0 Å². The second-order valence-electron chi connectivity index (χ2n) is 4.23. The van der Waals surface area contributed by atoms with E-state index in [1.54, 1.807) is 0 Å². The first-order chi connectivity index (χ1) is 8.42. The summed E-state index contributed by atoms with van der Waals surface area (Å²) in [5, 5.41) is 2.57. The van der Waals surface area contributed by atoms with Crippen LogP contribution in [0.15, 0.2) is 73.1 Å². The van der Waals surface area contributed by atoms with Gasteiger partial charge in [-0.3, -0.25) is 0 Å². The highest BCUT2D eigenvalue weighted by molar-refractivity contribution is 5.80. The summed E-state index contributed by atoms with van der Waals surface area (Å²) in [7, 11) is 0. The van der Waals surface area contributed by atoms with Crippen LogP contribution in [0.1, 0.15) is 5.56 Å². The van der Waals surface area contributed by atoms with Gasteiger partial charge in [0.15, 0.2) is 18.9 Å². The number of rotatable bonds is 2. The first-order valence-corrected chi connectivity index (χ1v) is 5.83. The molecule has 0 N–H and O–H groups in total. The monoisotopic (exact) mass is 347 g/mol. The molecule has 0 fully saturated rings. The topological polar surface area (TPSA) is 3.88 Å². The van der Waals surface area contributed by atoms with Crippen LogP contribution in [0, 0.1) is 0 Å². The van der Waals surface area contributed by atoms with Gasteiger partial charge in [-0.1, -0.05) is 48.5 Å². The molecule has 0 saturated heterocycles. The van der Waals surface area contributed by atoms with Crippen molar-refractivity contribution in [3.05, 3.63) is 78.6 Å². The number of hydrogen-bond donors (Lipinski definition) is 0. The molecule has 2 heteroatoms. The molecule has 0 aliphatic rings. The molecule has 0 bridgehead atoms. The van der Waals surface area contributed by atoms with E-state index in [9.17, 15) is 0 Å². The van der Waals surface area contributed by atoms with E-state index in [0.29, 0.717) is 0 Å². The van der Waals surface area contributed by atoms with E-state index in [0.717, 1.165) is 6.54 Å². The minimum atomic E-state index is 0. The van der Waals surface area contributed by atoms with Gasteiger partial charge in [-0.05, 0) is 11.5 Å². The van der Waals surface area contributed by atoms with Gasteiger partial charge in [0.05, 0.1) is 0 Å². The van der Waals surface area contributed by atoms with Gasteiger partial charge in [0.25, 0.3) is 0 Å². The third-order valence-electron chi connectivity index (χ3n) is 2.95. The van der Waals surface area contributed by atoms with Gasteiger partial charge >= 0.3 is 0 Å². The van der Waals surface area contributed by atoms with Crippen LogP contribution in [0.4, 0.5) is 0 Å². The second-order valence-corrected chi connectivity index (χ2v) is 4.23. The molecule has 3 rings (SSSR count). The zero-order chi connectivity index (χ0) is 11.5. The molecule has 0 atom stereocenters. The summed E-state index contributed by atoms with van der Waals surface area (Å²) >= 11 is 0. The third kappa shape index (κ3) is 2.88. The van der Waals surface area contributed by atoms with Gasteiger partial charge in [-0.15, -0.1) is 0 Å². The summed E-state index contributed by atoms with van der Waals surface area (Å²) in [4.78, 5) is 0. The molecule has 0 saturated carbocycles. The molecule has 1 heterocycles. The molecule has 0 radical (unpaired) electrons. The van der Waals surface area contributed by atoms with E-state index in [-0.39, 0.29) is 24.0 Å². The molecule has 1 nitrogen and oxygen atoms in total. The van der Waals surface area contributed by atoms with Crippen LogP contribution in [-0.2, 0) is 6.54 Å². The second kappa shape index (κ2) is 5.96. The van der Waals surface area contributed by atoms with Crippen molar-refractivity contribution in [1.29, 1.82) is 0 Å². The van der Waals surface area contributed by atoms with Crippen molar-refractivity contribution in [3.8, 4) is 0 Å². The molecular formula is C16H14IN. The molecule has 2 aromatic carbocycles. The van der Waals surface area contributed by atoms with Gasteiger partial charge in [-0.25, -0.2) is 4.57 Å². The fraction of sp³-hybridized carbons (Fsp3) is 0.0625. The number of aromatic nitrogens is 1. The predicted octanol–water partition coefficient (Wildman–Crippen LogP) is 0.180. The minimum absolute atomic E-state index is 0. The quantitative estimate of drug-likeness (QED) is 0.460. The van der Waals surface area contributed by atoms with Crippen LogP contribution in [0.2, 0.25) is 0 Å². The Labute approximate surface area is 124 Å². The molecule has 3 aromatic rings. The standard InChI is InChI=1S/C16H14N.HI/c1-2-6-14(7-3-1)12-17-11-10-15-8-4-5-9-16(15)13-17;/h1-11,13H,12H2;1H/q+1;/p-1. The van der Waals surface area contributed by atoms with Crippen LogP contribution in [0.25, 0.3) is 10.8 Å². The Balaban J connectivity index is 0.00000120. The zero-order valence-corrected chi connectivity index (χ0v) is 12.1. The lowest BCUT2D eigenvalue weighted by molar-refractivity contribution is -0.687. The van der Waals surface area contributed by atoms with Crippen LogP contribution in [0.3, 0.4) is 0 Å². The fourth-order valence-corrected chi connectivity index (χ4v) is 2.07. The summed E-state index contributed by atoms with van der Waals surface area (Å²) in [6.07, 6.45) is 4.33. The number of fused-ring (bicyclic) bond motifs is 1. The summed E-state index contributed by atoms with van der Waals surface area (Å²) in [5.41, 5.74) is 1.33. The van der Waals surface area contributed by atoms with E-state index in [2.05, 4.69) is 77.6 Å². The van der Waals surface area contributed by atoms with Crippen LogP contribution >= 0.6 is 0 Å². The number of benzene rings is 2. The maximum absolute atomic E-state index is 2.22. The van der Waals surface area contributed by atoms with Crippen molar-refractivity contribution in [2.24, 2.45) is 0 Å². The maximum Gasteiger partial charge on any atom is 0.176 e. The van der Waals surface area contributed by atoms with E-state index >= 15 is 0 Å². The molecule has 90 valence electrons. The van der Waals surface area contributed by atoms with Gasteiger partial charge in [0.1, 0.15) is 0 Å². The Bertz CT molecular complexity index is 635. The molecule has 0 aliphatic carbocycles. The normalized spacial score (nSPS) is 10.0. The summed E-state index contributed by atoms with van der Waals surface area (Å²) in [6.45, 7) is 0.922. The average molecular weight is 347 g/mol. The van der Waals surface area contributed by atoms with E-state index in [4.69, 9.17) is 0 Å². The molecule has 0 amide bonds.